The lowest BCUT2D eigenvalue weighted by molar-refractivity contribution is -0.139. The van der Waals surface area contributed by atoms with Crippen molar-refractivity contribution in [1.82, 2.24) is 10.2 Å². The quantitative estimate of drug-likeness (QED) is 0.373. The SMILES string of the molecule is CCCNC(=O)[C@@H]1[C@H]2C(=O)N(CCCCCCO)C(C(=O)Nc3ccc4ccccc4c3)C23S[C@@H]1CC3C. The highest BCUT2D eigenvalue weighted by atomic mass is 32.2. The number of hydrogen-bond acceptors (Lipinski definition) is 5. The average Bonchev–Trinajstić information content (AvgIpc) is 3.50. The number of carbonyl (C=O) groups is 3. The van der Waals surface area contributed by atoms with Crippen molar-refractivity contribution in [2.24, 2.45) is 17.8 Å². The Balaban J connectivity index is 1.45. The molecular weight excluding hydrogens is 498 g/mol. The van der Waals surface area contributed by atoms with Gasteiger partial charge in [-0.15, -0.1) is 11.8 Å². The third kappa shape index (κ3) is 4.60. The number of fused-ring (bicyclic) bond motifs is 2. The van der Waals surface area contributed by atoms with Crippen LogP contribution in [0.15, 0.2) is 42.5 Å². The van der Waals surface area contributed by atoms with Crippen molar-refractivity contribution in [3.05, 3.63) is 42.5 Å². The van der Waals surface area contributed by atoms with E-state index in [0.717, 1.165) is 49.3 Å². The van der Waals surface area contributed by atoms with Gasteiger partial charge in [-0.3, -0.25) is 14.4 Å². The summed E-state index contributed by atoms with van der Waals surface area (Å²) < 4.78 is -0.609. The summed E-state index contributed by atoms with van der Waals surface area (Å²) in [6, 6.07) is 13.3. The van der Waals surface area contributed by atoms with Crippen molar-refractivity contribution in [3.63, 3.8) is 0 Å². The Bertz CT molecular complexity index is 1200. The van der Waals surface area contributed by atoms with Crippen molar-refractivity contribution in [1.29, 1.82) is 0 Å². The van der Waals surface area contributed by atoms with Crippen LogP contribution in [0.1, 0.15) is 52.4 Å². The number of anilines is 1. The predicted molar refractivity (Wildman–Crippen MR) is 152 cm³/mol. The molecular formula is C30H39N3O4S. The number of carbonyl (C=O) groups excluding carboxylic acids is 3. The fourth-order valence-corrected chi connectivity index (χ4v) is 9.37. The number of likely N-dealkylation sites (tertiary alicyclic amines) is 1. The number of aliphatic hydroxyl groups is 1. The molecule has 0 radical (unpaired) electrons. The number of benzene rings is 2. The smallest absolute Gasteiger partial charge is 0.248 e. The van der Waals surface area contributed by atoms with Crippen LogP contribution in [-0.4, -0.2) is 63.5 Å². The molecule has 3 aliphatic rings. The van der Waals surface area contributed by atoms with E-state index in [0.29, 0.717) is 18.8 Å². The highest BCUT2D eigenvalue weighted by Gasteiger charge is 2.75. The van der Waals surface area contributed by atoms with Gasteiger partial charge in [0.15, 0.2) is 0 Å². The zero-order valence-electron chi connectivity index (χ0n) is 22.3. The first-order valence-electron chi connectivity index (χ1n) is 14.1. The molecule has 3 amide bonds. The third-order valence-electron chi connectivity index (χ3n) is 8.67. The lowest BCUT2D eigenvalue weighted by Crippen LogP contribution is -2.55. The molecule has 3 saturated heterocycles. The molecule has 3 aliphatic heterocycles. The van der Waals surface area contributed by atoms with Crippen molar-refractivity contribution in [3.8, 4) is 0 Å². The summed E-state index contributed by atoms with van der Waals surface area (Å²) in [5.41, 5.74) is 0.714. The van der Waals surface area contributed by atoms with Crippen LogP contribution in [0, 0.1) is 17.8 Å². The lowest BCUT2D eigenvalue weighted by Gasteiger charge is -2.38. The third-order valence-corrected chi connectivity index (χ3v) is 10.7. The number of thioether (sulfide) groups is 1. The van der Waals surface area contributed by atoms with E-state index in [1.807, 2.05) is 49.4 Å². The summed E-state index contributed by atoms with van der Waals surface area (Å²) >= 11 is 1.71. The number of amides is 3. The van der Waals surface area contributed by atoms with E-state index in [1.54, 1.807) is 16.7 Å². The minimum Gasteiger partial charge on any atom is -0.396 e. The van der Waals surface area contributed by atoms with Gasteiger partial charge in [0, 0.05) is 30.6 Å². The molecule has 0 aliphatic carbocycles. The summed E-state index contributed by atoms with van der Waals surface area (Å²) in [5.74, 6) is -0.998. The number of nitrogens with zero attached hydrogens (tertiary/aromatic N) is 1. The van der Waals surface area contributed by atoms with Gasteiger partial charge in [0.1, 0.15) is 6.04 Å². The Labute approximate surface area is 229 Å². The molecule has 5 rings (SSSR count). The molecule has 6 atom stereocenters. The first-order valence-corrected chi connectivity index (χ1v) is 15.0. The zero-order valence-corrected chi connectivity index (χ0v) is 23.1. The van der Waals surface area contributed by atoms with Crippen LogP contribution in [0.3, 0.4) is 0 Å². The van der Waals surface area contributed by atoms with Gasteiger partial charge in [0.2, 0.25) is 17.7 Å². The predicted octanol–water partition coefficient (Wildman–Crippen LogP) is 4.19. The standard InChI is InChI=1S/C30H39N3O4S/c1-3-14-31-27(35)24-23-17-19(2)30(38-23)25(24)29(37)33(15-8-4-5-9-16-34)26(30)28(36)32-22-13-12-20-10-6-7-11-21(20)18-22/h6-7,10-13,18-19,23-26,34H,3-5,8-9,14-17H2,1-2H3,(H,31,35)(H,32,36)/t19?,23-,24+,25+,26?,30?/m1/s1. The van der Waals surface area contributed by atoms with E-state index >= 15 is 0 Å². The summed E-state index contributed by atoms with van der Waals surface area (Å²) in [6.45, 7) is 5.41. The molecule has 7 nitrogen and oxygen atoms in total. The van der Waals surface area contributed by atoms with Crippen LogP contribution >= 0.6 is 11.8 Å². The van der Waals surface area contributed by atoms with E-state index in [9.17, 15) is 14.4 Å². The number of rotatable bonds is 11. The van der Waals surface area contributed by atoms with Crippen molar-refractivity contribution < 1.29 is 19.5 Å². The van der Waals surface area contributed by atoms with Gasteiger partial charge in [-0.05, 0) is 54.5 Å². The van der Waals surface area contributed by atoms with E-state index in [-0.39, 0.29) is 35.5 Å². The Morgan fingerprint density at radius 3 is 2.61 bits per heavy atom. The molecule has 2 bridgehead atoms. The second kappa shape index (κ2) is 11.3. The van der Waals surface area contributed by atoms with Crippen LogP contribution < -0.4 is 10.6 Å². The molecule has 2 aromatic carbocycles. The molecule has 1 spiro atoms. The van der Waals surface area contributed by atoms with Crippen molar-refractivity contribution in [2.45, 2.75) is 68.4 Å². The van der Waals surface area contributed by atoms with E-state index < -0.39 is 22.6 Å². The summed E-state index contributed by atoms with van der Waals surface area (Å²) in [6.07, 6.45) is 4.95. The van der Waals surface area contributed by atoms with Crippen molar-refractivity contribution >= 4 is 45.9 Å². The Morgan fingerprint density at radius 1 is 1.08 bits per heavy atom. The first kappa shape index (κ1) is 27.0. The van der Waals surface area contributed by atoms with Gasteiger partial charge in [0.05, 0.1) is 16.6 Å². The molecule has 2 aromatic rings. The van der Waals surface area contributed by atoms with Gasteiger partial charge < -0.3 is 20.6 Å². The lowest BCUT2D eigenvalue weighted by atomic mass is 9.66. The average molecular weight is 538 g/mol. The monoisotopic (exact) mass is 537 g/mol. The Hall–Kier alpha value is -2.58. The summed E-state index contributed by atoms with van der Waals surface area (Å²) in [5, 5.41) is 17.5. The summed E-state index contributed by atoms with van der Waals surface area (Å²) in [4.78, 5) is 43.3. The Kier molecular flexibility index (Phi) is 8.00. The molecule has 8 heteroatoms. The van der Waals surface area contributed by atoms with Crippen LogP contribution in [-0.2, 0) is 14.4 Å². The fraction of sp³-hybridized carbons (Fsp3) is 0.567. The van der Waals surface area contributed by atoms with Gasteiger partial charge in [0.25, 0.3) is 0 Å². The normalized spacial score (nSPS) is 29.6. The molecule has 3 heterocycles. The second-order valence-electron chi connectivity index (χ2n) is 11.1. The first-order chi connectivity index (χ1) is 18.4. The highest BCUT2D eigenvalue weighted by Crippen LogP contribution is 2.68. The maximum Gasteiger partial charge on any atom is 0.248 e. The fourth-order valence-electron chi connectivity index (χ4n) is 6.95. The topological polar surface area (TPSA) is 98.7 Å². The molecule has 38 heavy (non-hydrogen) atoms. The van der Waals surface area contributed by atoms with Crippen LogP contribution in [0.25, 0.3) is 10.8 Å². The van der Waals surface area contributed by atoms with Crippen LogP contribution in [0.5, 0.6) is 0 Å². The number of hydrogen-bond donors (Lipinski definition) is 3. The zero-order chi connectivity index (χ0) is 26.9. The molecule has 0 aromatic heterocycles. The molecule has 204 valence electrons. The number of aliphatic hydroxyl groups excluding tert-OH is 1. The van der Waals surface area contributed by atoms with E-state index in [2.05, 4.69) is 17.6 Å². The van der Waals surface area contributed by atoms with E-state index in [1.165, 1.54) is 0 Å². The van der Waals surface area contributed by atoms with Crippen LogP contribution in [0.4, 0.5) is 5.69 Å². The Morgan fingerprint density at radius 2 is 1.84 bits per heavy atom. The van der Waals surface area contributed by atoms with Crippen molar-refractivity contribution in [2.75, 3.05) is 25.0 Å². The maximum atomic E-state index is 14.1. The van der Waals surface area contributed by atoms with Gasteiger partial charge in [-0.2, -0.15) is 0 Å². The maximum absolute atomic E-state index is 14.1. The minimum absolute atomic E-state index is 0.0463. The van der Waals surface area contributed by atoms with E-state index in [4.69, 9.17) is 5.11 Å². The number of unbranched alkanes of at least 4 members (excludes halogenated alkanes) is 3. The molecule has 0 saturated carbocycles. The van der Waals surface area contributed by atoms with Gasteiger partial charge in [-0.25, -0.2) is 0 Å². The molecule has 3 unspecified atom stereocenters. The second-order valence-corrected chi connectivity index (χ2v) is 12.6. The minimum atomic E-state index is -0.627. The largest absolute Gasteiger partial charge is 0.396 e. The van der Waals surface area contributed by atoms with Gasteiger partial charge in [-0.1, -0.05) is 57.0 Å². The molecule has 3 N–H and O–H groups in total. The number of nitrogens with one attached hydrogen (secondary N) is 2. The summed E-state index contributed by atoms with van der Waals surface area (Å²) in [7, 11) is 0. The highest BCUT2D eigenvalue weighted by molar-refractivity contribution is 8.02. The van der Waals surface area contributed by atoms with Gasteiger partial charge >= 0.3 is 0 Å². The van der Waals surface area contributed by atoms with Crippen LogP contribution in [0.2, 0.25) is 0 Å². The molecule has 3 fully saturated rings.